The second-order valence-electron chi connectivity index (χ2n) is 5.24. The van der Waals surface area contributed by atoms with E-state index in [2.05, 4.69) is 6.92 Å². The molecule has 2 rings (SSSR count). The fraction of sp³-hybridized carbons (Fsp3) is 0.533. The van der Waals surface area contributed by atoms with Gasteiger partial charge in [0.2, 0.25) is 0 Å². The molecule has 0 amide bonds. The molecule has 1 fully saturated rings. The number of carbonyl (C=O) groups is 1. The summed E-state index contributed by atoms with van der Waals surface area (Å²) < 4.78 is 5.90. The lowest BCUT2D eigenvalue weighted by atomic mass is 9.85. The molecule has 2 unspecified atom stereocenters. The van der Waals surface area contributed by atoms with Crippen LogP contribution < -0.4 is 10.5 Å². The SMILES string of the molecule is CCC1CCCC(Oc2ccc(N)cc2C(=O)O)C1. The second kappa shape index (κ2) is 5.95. The summed E-state index contributed by atoms with van der Waals surface area (Å²) in [7, 11) is 0. The molecule has 1 aromatic rings. The summed E-state index contributed by atoms with van der Waals surface area (Å²) in [4.78, 5) is 11.2. The summed E-state index contributed by atoms with van der Waals surface area (Å²) in [6.07, 6.45) is 5.71. The van der Waals surface area contributed by atoms with Gasteiger partial charge in [-0.1, -0.05) is 19.8 Å². The van der Waals surface area contributed by atoms with Crippen molar-refractivity contribution in [3.8, 4) is 5.75 Å². The normalized spacial score (nSPS) is 23.0. The number of ether oxygens (including phenoxy) is 1. The van der Waals surface area contributed by atoms with Gasteiger partial charge in [-0.15, -0.1) is 0 Å². The summed E-state index contributed by atoms with van der Waals surface area (Å²) >= 11 is 0. The average Bonchev–Trinajstić information content (AvgIpc) is 2.41. The Kier molecular flexibility index (Phi) is 4.30. The molecule has 0 aliphatic heterocycles. The zero-order valence-electron chi connectivity index (χ0n) is 11.3. The Hall–Kier alpha value is -1.71. The number of anilines is 1. The van der Waals surface area contributed by atoms with Gasteiger partial charge in [0.15, 0.2) is 0 Å². The molecule has 1 aliphatic rings. The molecule has 0 radical (unpaired) electrons. The molecule has 1 aliphatic carbocycles. The molecule has 3 N–H and O–H groups in total. The minimum absolute atomic E-state index is 0.125. The van der Waals surface area contributed by atoms with Crippen molar-refractivity contribution < 1.29 is 14.6 Å². The van der Waals surface area contributed by atoms with Crippen molar-refractivity contribution in [3.05, 3.63) is 23.8 Å². The van der Waals surface area contributed by atoms with Crippen molar-refractivity contribution in [1.29, 1.82) is 0 Å². The molecule has 19 heavy (non-hydrogen) atoms. The van der Waals surface area contributed by atoms with Crippen LogP contribution in [0.4, 0.5) is 5.69 Å². The van der Waals surface area contributed by atoms with Crippen LogP contribution in [0.2, 0.25) is 0 Å². The number of rotatable bonds is 4. The zero-order chi connectivity index (χ0) is 13.8. The molecular weight excluding hydrogens is 242 g/mol. The number of aromatic carboxylic acids is 1. The number of nitrogen functional groups attached to an aromatic ring is 1. The highest BCUT2D eigenvalue weighted by Gasteiger charge is 2.23. The first-order chi connectivity index (χ1) is 9.10. The molecule has 0 heterocycles. The van der Waals surface area contributed by atoms with Crippen molar-refractivity contribution >= 4 is 11.7 Å². The van der Waals surface area contributed by atoms with Gasteiger partial charge in [-0.2, -0.15) is 0 Å². The minimum atomic E-state index is -0.995. The van der Waals surface area contributed by atoms with Gasteiger partial charge in [-0.05, 0) is 43.4 Å². The Morgan fingerprint density at radius 1 is 1.47 bits per heavy atom. The molecule has 104 valence electrons. The Labute approximate surface area is 113 Å². The van der Waals surface area contributed by atoms with E-state index in [1.807, 2.05) is 0 Å². The smallest absolute Gasteiger partial charge is 0.339 e. The van der Waals surface area contributed by atoms with Gasteiger partial charge >= 0.3 is 5.97 Å². The first-order valence-electron chi connectivity index (χ1n) is 6.89. The monoisotopic (exact) mass is 263 g/mol. The van der Waals surface area contributed by atoms with Crippen molar-refractivity contribution in [3.63, 3.8) is 0 Å². The fourth-order valence-corrected chi connectivity index (χ4v) is 2.72. The highest BCUT2D eigenvalue weighted by atomic mass is 16.5. The quantitative estimate of drug-likeness (QED) is 0.817. The van der Waals surface area contributed by atoms with Gasteiger partial charge in [-0.25, -0.2) is 4.79 Å². The fourth-order valence-electron chi connectivity index (χ4n) is 2.72. The van der Waals surface area contributed by atoms with E-state index in [0.717, 1.165) is 25.7 Å². The van der Waals surface area contributed by atoms with Crippen molar-refractivity contribution in [2.75, 3.05) is 5.73 Å². The third kappa shape index (κ3) is 3.40. The highest BCUT2D eigenvalue weighted by molar-refractivity contribution is 5.92. The van der Waals surface area contributed by atoms with Gasteiger partial charge < -0.3 is 15.6 Å². The molecule has 1 saturated carbocycles. The maximum Gasteiger partial charge on any atom is 0.339 e. The Balaban J connectivity index is 2.12. The zero-order valence-corrected chi connectivity index (χ0v) is 11.3. The Morgan fingerprint density at radius 2 is 2.26 bits per heavy atom. The van der Waals surface area contributed by atoms with Crippen LogP contribution >= 0.6 is 0 Å². The van der Waals surface area contributed by atoms with E-state index < -0.39 is 5.97 Å². The van der Waals surface area contributed by atoms with Gasteiger partial charge in [0.25, 0.3) is 0 Å². The van der Waals surface area contributed by atoms with Crippen LogP contribution in [0.1, 0.15) is 49.4 Å². The minimum Gasteiger partial charge on any atom is -0.490 e. The molecule has 4 heteroatoms. The summed E-state index contributed by atoms with van der Waals surface area (Å²) in [6, 6.07) is 4.80. The van der Waals surface area contributed by atoms with E-state index in [9.17, 15) is 9.90 Å². The topological polar surface area (TPSA) is 72.5 Å². The standard InChI is InChI=1S/C15H21NO3/c1-2-10-4-3-5-12(8-10)19-14-7-6-11(16)9-13(14)15(17)18/h6-7,9-10,12H,2-5,8,16H2,1H3,(H,17,18). The lowest BCUT2D eigenvalue weighted by Gasteiger charge is -2.29. The molecule has 1 aromatic carbocycles. The molecule has 4 nitrogen and oxygen atoms in total. The number of hydrogen-bond donors (Lipinski definition) is 2. The predicted molar refractivity (Wildman–Crippen MR) is 74.5 cm³/mol. The Morgan fingerprint density at radius 3 is 2.95 bits per heavy atom. The number of carboxylic acids is 1. The van der Waals surface area contributed by atoms with Gasteiger partial charge in [0, 0.05) is 5.69 Å². The maximum absolute atomic E-state index is 11.2. The van der Waals surface area contributed by atoms with E-state index in [4.69, 9.17) is 10.5 Å². The lowest BCUT2D eigenvalue weighted by molar-refractivity contribution is 0.0682. The van der Waals surface area contributed by atoms with E-state index in [-0.39, 0.29) is 11.7 Å². The largest absolute Gasteiger partial charge is 0.490 e. The molecule has 0 spiro atoms. The third-order valence-electron chi connectivity index (χ3n) is 3.84. The highest BCUT2D eigenvalue weighted by Crippen LogP contribution is 2.31. The summed E-state index contributed by atoms with van der Waals surface area (Å²) in [6.45, 7) is 2.19. The molecule has 0 bridgehead atoms. The van der Waals surface area contributed by atoms with Crippen molar-refractivity contribution in [1.82, 2.24) is 0 Å². The van der Waals surface area contributed by atoms with Gasteiger partial charge in [0.1, 0.15) is 11.3 Å². The van der Waals surface area contributed by atoms with Crippen LogP contribution in [0, 0.1) is 5.92 Å². The first-order valence-corrected chi connectivity index (χ1v) is 6.89. The van der Waals surface area contributed by atoms with E-state index >= 15 is 0 Å². The second-order valence-corrected chi connectivity index (χ2v) is 5.24. The number of carboxylic acid groups (broad SMARTS) is 1. The summed E-state index contributed by atoms with van der Waals surface area (Å²) in [5.74, 6) is 0.134. The number of nitrogens with two attached hydrogens (primary N) is 1. The van der Waals surface area contributed by atoms with Crippen LogP contribution in [0.15, 0.2) is 18.2 Å². The maximum atomic E-state index is 11.2. The molecule has 0 aromatic heterocycles. The predicted octanol–water partition coefficient (Wildman–Crippen LogP) is 3.31. The van der Waals surface area contributed by atoms with Crippen LogP contribution in [-0.2, 0) is 0 Å². The first kappa shape index (κ1) is 13.7. The van der Waals surface area contributed by atoms with Crippen molar-refractivity contribution in [2.45, 2.75) is 45.1 Å². The number of hydrogen-bond acceptors (Lipinski definition) is 3. The lowest BCUT2D eigenvalue weighted by Crippen LogP contribution is -2.25. The number of benzene rings is 1. The third-order valence-corrected chi connectivity index (χ3v) is 3.84. The van der Waals surface area contributed by atoms with Crippen LogP contribution in [0.3, 0.4) is 0 Å². The van der Waals surface area contributed by atoms with Crippen LogP contribution in [0.25, 0.3) is 0 Å². The molecule has 0 saturated heterocycles. The van der Waals surface area contributed by atoms with Crippen LogP contribution in [-0.4, -0.2) is 17.2 Å². The van der Waals surface area contributed by atoms with E-state index in [1.54, 1.807) is 12.1 Å². The summed E-state index contributed by atoms with van der Waals surface area (Å²) in [5.41, 5.74) is 6.22. The Bertz CT molecular complexity index is 459. The van der Waals surface area contributed by atoms with E-state index in [0.29, 0.717) is 17.4 Å². The molecule has 2 atom stereocenters. The van der Waals surface area contributed by atoms with Gasteiger partial charge in [0.05, 0.1) is 6.10 Å². The van der Waals surface area contributed by atoms with Crippen molar-refractivity contribution in [2.24, 2.45) is 5.92 Å². The summed E-state index contributed by atoms with van der Waals surface area (Å²) in [5, 5.41) is 9.18. The van der Waals surface area contributed by atoms with Gasteiger partial charge in [-0.3, -0.25) is 0 Å². The average molecular weight is 263 g/mol. The molecular formula is C15H21NO3. The van der Waals surface area contributed by atoms with E-state index in [1.165, 1.54) is 12.5 Å². The van der Waals surface area contributed by atoms with Crippen LogP contribution in [0.5, 0.6) is 5.75 Å².